The van der Waals surface area contributed by atoms with Gasteiger partial charge in [0.1, 0.15) is 6.29 Å². The molecule has 0 radical (unpaired) electrons. The first kappa shape index (κ1) is 7.34. The third-order valence-electron chi connectivity index (χ3n) is 0.725. The van der Waals surface area contributed by atoms with Crippen molar-refractivity contribution >= 4 is 12.5 Å². The molecule has 2 heteroatoms. The largest absolute Gasteiger partial charge is 0.303 e. The first-order valence-electron chi connectivity index (χ1n) is 2.83. The van der Waals surface area contributed by atoms with Crippen LogP contribution < -0.4 is 0 Å². The number of carbonyl (C=O) groups is 1. The molecular weight excluding hydrogens is 102 g/mol. The van der Waals surface area contributed by atoms with Crippen LogP contribution in [-0.4, -0.2) is 19.0 Å². The van der Waals surface area contributed by atoms with Gasteiger partial charge in [-0.05, 0) is 19.6 Å². The van der Waals surface area contributed by atoms with Crippen molar-refractivity contribution in [3.8, 4) is 0 Å². The highest BCUT2D eigenvalue weighted by Gasteiger charge is 1.75. The lowest BCUT2D eigenvalue weighted by Crippen LogP contribution is -1.78. The van der Waals surface area contributed by atoms with E-state index in [0.29, 0.717) is 6.42 Å². The first-order chi connectivity index (χ1) is 3.91. The lowest BCUT2D eigenvalue weighted by molar-refractivity contribution is -0.107. The van der Waals surface area contributed by atoms with Gasteiger partial charge in [0.2, 0.25) is 0 Å². The van der Waals surface area contributed by atoms with Crippen molar-refractivity contribution in [3.63, 3.8) is 0 Å². The molecular formula is C6H11NO. The van der Waals surface area contributed by atoms with Gasteiger partial charge in [0.25, 0.3) is 0 Å². The Hall–Kier alpha value is -0.660. The Kier molecular flexibility index (Phi) is 5.82. The van der Waals surface area contributed by atoms with Crippen molar-refractivity contribution in [2.24, 2.45) is 4.99 Å². The van der Waals surface area contributed by atoms with Crippen LogP contribution in [0.5, 0.6) is 0 Å². The molecule has 46 valence electrons. The van der Waals surface area contributed by atoms with E-state index in [2.05, 4.69) is 4.99 Å². The highest BCUT2D eigenvalue weighted by Crippen LogP contribution is 1.77. The lowest BCUT2D eigenvalue weighted by atomic mass is 10.4. The summed E-state index contributed by atoms with van der Waals surface area (Å²) in [5.41, 5.74) is 0. The molecule has 0 aromatic heterocycles. The zero-order valence-electron chi connectivity index (χ0n) is 5.13. The molecule has 0 spiro atoms. The van der Waals surface area contributed by atoms with Gasteiger partial charge in [0.15, 0.2) is 0 Å². The zero-order valence-corrected chi connectivity index (χ0v) is 5.13. The minimum atomic E-state index is 0.601. The summed E-state index contributed by atoms with van der Waals surface area (Å²) in [6.07, 6.45) is 4.08. The monoisotopic (exact) mass is 113 g/mol. The second-order valence-corrected chi connectivity index (χ2v) is 1.43. The minimum Gasteiger partial charge on any atom is -0.303 e. The first-order valence-corrected chi connectivity index (χ1v) is 2.83. The van der Waals surface area contributed by atoms with Gasteiger partial charge in [-0.3, -0.25) is 4.99 Å². The second kappa shape index (κ2) is 6.34. The van der Waals surface area contributed by atoms with E-state index in [1.165, 1.54) is 0 Å². The molecule has 0 aromatic rings. The molecule has 0 aliphatic carbocycles. The summed E-state index contributed by atoms with van der Waals surface area (Å²) in [7, 11) is 0. The average molecular weight is 113 g/mol. The number of aldehydes is 1. The van der Waals surface area contributed by atoms with Gasteiger partial charge in [-0.1, -0.05) is 0 Å². The molecule has 0 aliphatic heterocycles. The number of unbranched alkanes of at least 4 members (excludes halogenated alkanes) is 1. The van der Waals surface area contributed by atoms with Crippen molar-refractivity contribution in [1.29, 1.82) is 0 Å². The molecule has 0 amide bonds. The van der Waals surface area contributed by atoms with Gasteiger partial charge >= 0.3 is 0 Å². The van der Waals surface area contributed by atoms with E-state index < -0.39 is 0 Å². The Labute approximate surface area is 49.6 Å². The standard InChI is InChI=1S/C6H11NO/c1-2-7-5-3-4-6-8/h5-6H,2-4H2,1H3/b7-5-. The molecule has 0 fully saturated rings. The SMILES string of the molecule is CC/N=C\CCC=O. The molecule has 0 saturated carbocycles. The van der Waals surface area contributed by atoms with E-state index in [1.807, 2.05) is 6.92 Å². The summed E-state index contributed by atoms with van der Waals surface area (Å²) >= 11 is 0. The Balaban J connectivity index is 2.90. The Morgan fingerprint density at radius 1 is 1.50 bits per heavy atom. The molecule has 0 rings (SSSR count). The maximum atomic E-state index is 9.71. The number of carbonyl (C=O) groups excluding carboxylic acids is 1. The maximum absolute atomic E-state index is 9.71. The molecule has 0 unspecified atom stereocenters. The van der Waals surface area contributed by atoms with Crippen molar-refractivity contribution in [2.45, 2.75) is 19.8 Å². The molecule has 0 N–H and O–H groups in total. The van der Waals surface area contributed by atoms with Crippen LogP contribution in [0.1, 0.15) is 19.8 Å². The molecule has 0 heterocycles. The smallest absolute Gasteiger partial charge is 0.120 e. The zero-order chi connectivity index (χ0) is 6.24. The van der Waals surface area contributed by atoms with E-state index in [4.69, 9.17) is 0 Å². The van der Waals surface area contributed by atoms with Crippen LogP contribution in [0.3, 0.4) is 0 Å². The fourth-order valence-electron chi connectivity index (χ4n) is 0.363. The quantitative estimate of drug-likeness (QED) is 0.304. The fourth-order valence-corrected chi connectivity index (χ4v) is 0.363. The minimum absolute atomic E-state index is 0.601. The van der Waals surface area contributed by atoms with Gasteiger partial charge in [-0.2, -0.15) is 0 Å². The topological polar surface area (TPSA) is 29.4 Å². The van der Waals surface area contributed by atoms with E-state index in [0.717, 1.165) is 19.3 Å². The molecule has 0 aliphatic rings. The number of rotatable bonds is 4. The molecule has 0 bridgehead atoms. The Morgan fingerprint density at radius 2 is 2.25 bits per heavy atom. The van der Waals surface area contributed by atoms with Crippen LogP contribution >= 0.6 is 0 Å². The highest BCUT2D eigenvalue weighted by molar-refractivity contribution is 5.62. The molecule has 0 saturated heterocycles. The summed E-state index contributed by atoms with van der Waals surface area (Å²) < 4.78 is 0. The van der Waals surface area contributed by atoms with Crippen LogP contribution in [0.25, 0.3) is 0 Å². The lowest BCUT2D eigenvalue weighted by Gasteiger charge is -1.79. The van der Waals surface area contributed by atoms with Gasteiger partial charge in [0.05, 0.1) is 0 Å². The third kappa shape index (κ3) is 5.34. The second-order valence-electron chi connectivity index (χ2n) is 1.43. The predicted molar refractivity (Wildman–Crippen MR) is 34.3 cm³/mol. The van der Waals surface area contributed by atoms with E-state index >= 15 is 0 Å². The van der Waals surface area contributed by atoms with Gasteiger partial charge in [0, 0.05) is 13.0 Å². The van der Waals surface area contributed by atoms with Gasteiger partial charge < -0.3 is 4.79 Å². The Morgan fingerprint density at radius 3 is 2.75 bits per heavy atom. The predicted octanol–water partition coefficient (Wildman–Crippen LogP) is 1.06. The third-order valence-corrected chi connectivity index (χ3v) is 0.725. The van der Waals surface area contributed by atoms with Crippen LogP contribution in [-0.2, 0) is 4.79 Å². The van der Waals surface area contributed by atoms with Crippen LogP contribution in [0.15, 0.2) is 4.99 Å². The fraction of sp³-hybridized carbons (Fsp3) is 0.667. The van der Waals surface area contributed by atoms with E-state index in [1.54, 1.807) is 6.21 Å². The van der Waals surface area contributed by atoms with E-state index in [-0.39, 0.29) is 0 Å². The van der Waals surface area contributed by atoms with E-state index in [9.17, 15) is 4.79 Å². The number of aliphatic imine (C=N–C) groups is 1. The molecule has 0 atom stereocenters. The summed E-state index contributed by atoms with van der Waals surface area (Å²) in [6, 6.07) is 0. The summed E-state index contributed by atoms with van der Waals surface area (Å²) in [6.45, 7) is 2.79. The summed E-state index contributed by atoms with van der Waals surface area (Å²) in [4.78, 5) is 13.6. The number of hydrogen-bond donors (Lipinski definition) is 0. The maximum Gasteiger partial charge on any atom is 0.120 e. The van der Waals surface area contributed by atoms with Crippen molar-refractivity contribution in [1.82, 2.24) is 0 Å². The molecule has 8 heavy (non-hydrogen) atoms. The van der Waals surface area contributed by atoms with Crippen molar-refractivity contribution in [2.75, 3.05) is 6.54 Å². The van der Waals surface area contributed by atoms with Crippen LogP contribution in [0.4, 0.5) is 0 Å². The van der Waals surface area contributed by atoms with Crippen LogP contribution in [0.2, 0.25) is 0 Å². The van der Waals surface area contributed by atoms with Crippen molar-refractivity contribution in [3.05, 3.63) is 0 Å². The van der Waals surface area contributed by atoms with Gasteiger partial charge in [-0.15, -0.1) is 0 Å². The van der Waals surface area contributed by atoms with Crippen LogP contribution in [0, 0.1) is 0 Å². The van der Waals surface area contributed by atoms with Gasteiger partial charge in [-0.25, -0.2) is 0 Å². The number of hydrogen-bond acceptors (Lipinski definition) is 2. The highest BCUT2D eigenvalue weighted by atomic mass is 16.1. The molecule has 0 aromatic carbocycles. The Bertz CT molecular complexity index is 78.6. The van der Waals surface area contributed by atoms with Crippen molar-refractivity contribution < 1.29 is 4.79 Å². The molecule has 2 nitrogen and oxygen atoms in total. The number of nitrogens with zero attached hydrogens (tertiary/aromatic N) is 1. The summed E-state index contributed by atoms with van der Waals surface area (Å²) in [5.74, 6) is 0. The summed E-state index contributed by atoms with van der Waals surface area (Å²) in [5, 5.41) is 0. The average Bonchev–Trinajstić information content (AvgIpc) is 1.81. The normalized spacial score (nSPS) is 10.1.